The van der Waals surface area contributed by atoms with Gasteiger partial charge in [0.2, 0.25) is 5.95 Å². The minimum atomic E-state index is 0.460. The molecule has 26 heavy (non-hydrogen) atoms. The van der Waals surface area contributed by atoms with Crippen LogP contribution in [0.1, 0.15) is 32.1 Å². The largest absolute Gasteiger partial charge is 0.377 e. The number of ether oxygens (including phenoxy) is 1. The highest BCUT2D eigenvalue weighted by molar-refractivity contribution is 7.96. The zero-order valence-electron chi connectivity index (χ0n) is 15.5. The van der Waals surface area contributed by atoms with Crippen LogP contribution in [-0.4, -0.2) is 59.4 Å². The van der Waals surface area contributed by atoms with Crippen molar-refractivity contribution >= 4 is 29.5 Å². The number of hydrogen-bond donors (Lipinski definition) is 0. The van der Waals surface area contributed by atoms with Crippen LogP contribution in [0.5, 0.6) is 0 Å². The van der Waals surface area contributed by atoms with Crippen LogP contribution in [-0.2, 0) is 4.74 Å². The van der Waals surface area contributed by atoms with Crippen LogP contribution in [0.3, 0.4) is 0 Å². The summed E-state index contributed by atoms with van der Waals surface area (Å²) in [5, 5.41) is 0.602. The first-order valence-electron chi connectivity index (χ1n) is 9.86. The van der Waals surface area contributed by atoms with E-state index in [1.165, 1.54) is 38.6 Å². The monoisotopic (exact) mass is 396 g/mol. The molecule has 0 spiro atoms. The van der Waals surface area contributed by atoms with E-state index in [0.717, 1.165) is 49.9 Å². The van der Waals surface area contributed by atoms with Crippen LogP contribution in [0, 0.1) is 17.8 Å². The molecule has 1 saturated carbocycles. The number of anilines is 1. The van der Waals surface area contributed by atoms with Crippen molar-refractivity contribution in [2.24, 2.45) is 17.8 Å². The highest BCUT2D eigenvalue weighted by Gasteiger charge is 2.43. The molecule has 1 aromatic rings. The molecule has 3 atom stereocenters. The Balaban J connectivity index is 1.13. The second-order valence-electron chi connectivity index (χ2n) is 7.83. The molecule has 7 heteroatoms. The van der Waals surface area contributed by atoms with E-state index in [4.69, 9.17) is 16.3 Å². The Bertz CT molecular complexity index is 581. The highest BCUT2D eigenvalue weighted by Crippen LogP contribution is 2.49. The van der Waals surface area contributed by atoms with Crippen molar-refractivity contribution < 1.29 is 4.74 Å². The lowest BCUT2D eigenvalue weighted by atomic mass is 9.90. The standard InChI is InChI=1S/C19H29ClN4OS/c1-26-24-8-4-17(13-24)25-9-5-15-10-18(15)14-2-6-23(7-3-14)19-21-11-16(20)12-22-19/h11-12,14-15,17-18H,2-10,13H2,1H3. The third-order valence-corrected chi connectivity index (χ3v) is 7.26. The minimum absolute atomic E-state index is 0.460. The Morgan fingerprint density at radius 1 is 1.19 bits per heavy atom. The molecule has 5 nitrogen and oxygen atoms in total. The molecule has 0 N–H and O–H groups in total. The van der Waals surface area contributed by atoms with E-state index in [0.29, 0.717) is 11.1 Å². The number of halogens is 1. The average molecular weight is 397 g/mol. The van der Waals surface area contributed by atoms with Crippen LogP contribution in [0.4, 0.5) is 5.95 Å². The summed E-state index contributed by atoms with van der Waals surface area (Å²) >= 11 is 7.72. The molecule has 4 rings (SSSR count). The van der Waals surface area contributed by atoms with E-state index >= 15 is 0 Å². The molecule has 144 valence electrons. The Hall–Kier alpha value is -0.560. The van der Waals surface area contributed by atoms with Crippen molar-refractivity contribution in [1.82, 2.24) is 14.3 Å². The van der Waals surface area contributed by atoms with Crippen molar-refractivity contribution in [3.63, 3.8) is 0 Å². The van der Waals surface area contributed by atoms with Gasteiger partial charge in [-0.15, -0.1) is 0 Å². The molecule has 1 aliphatic carbocycles. The lowest BCUT2D eigenvalue weighted by Gasteiger charge is -2.32. The van der Waals surface area contributed by atoms with Crippen molar-refractivity contribution in [3.05, 3.63) is 17.4 Å². The van der Waals surface area contributed by atoms with Crippen molar-refractivity contribution in [1.29, 1.82) is 0 Å². The average Bonchev–Trinajstić information content (AvgIpc) is 3.30. The SMILES string of the molecule is CSN1CCC(OCCC2CC2C2CCN(c3ncc(Cl)cn3)CC2)C1. The normalized spacial score (nSPS) is 30.1. The molecular formula is C19H29ClN4OS. The van der Waals surface area contributed by atoms with Gasteiger partial charge in [0.25, 0.3) is 0 Å². The Labute approximate surface area is 166 Å². The second kappa shape index (κ2) is 8.63. The number of aromatic nitrogens is 2. The van der Waals surface area contributed by atoms with Crippen molar-refractivity contribution in [3.8, 4) is 0 Å². The van der Waals surface area contributed by atoms with Gasteiger partial charge in [-0.1, -0.05) is 23.5 Å². The van der Waals surface area contributed by atoms with Crippen LogP contribution < -0.4 is 4.90 Å². The van der Waals surface area contributed by atoms with Crippen molar-refractivity contribution in [2.75, 3.05) is 43.9 Å². The smallest absolute Gasteiger partial charge is 0.225 e. The fraction of sp³-hybridized carbons (Fsp3) is 0.789. The lowest BCUT2D eigenvalue weighted by Crippen LogP contribution is -2.35. The topological polar surface area (TPSA) is 41.5 Å². The van der Waals surface area contributed by atoms with Gasteiger partial charge >= 0.3 is 0 Å². The van der Waals surface area contributed by atoms with Crippen LogP contribution in [0.15, 0.2) is 12.4 Å². The maximum absolute atomic E-state index is 6.12. The van der Waals surface area contributed by atoms with Gasteiger partial charge in [-0.05, 0) is 56.1 Å². The Kier molecular flexibility index (Phi) is 6.24. The summed E-state index contributed by atoms with van der Waals surface area (Å²) in [4.78, 5) is 11.0. The second-order valence-corrected chi connectivity index (χ2v) is 9.14. The number of rotatable bonds is 7. The summed E-state index contributed by atoms with van der Waals surface area (Å²) < 4.78 is 8.52. The molecule has 3 unspecified atom stereocenters. The van der Waals surface area contributed by atoms with E-state index in [-0.39, 0.29) is 0 Å². The number of piperidine rings is 1. The van der Waals surface area contributed by atoms with Gasteiger partial charge in [0.1, 0.15) is 0 Å². The molecule has 2 saturated heterocycles. The molecule has 3 fully saturated rings. The third kappa shape index (κ3) is 4.64. The number of nitrogens with zero attached hydrogens (tertiary/aromatic N) is 4. The van der Waals surface area contributed by atoms with E-state index in [1.54, 1.807) is 12.4 Å². The van der Waals surface area contributed by atoms with E-state index in [9.17, 15) is 0 Å². The molecule has 3 heterocycles. The molecule has 3 aliphatic rings. The third-order valence-electron chi connectivity index (χ3n) is 6.22. The predicted molar refractivity (Wildman–Crippen MR) is 108 cm³/mol. The highest BCUT2D eigenvalue weighted by atomic mass is 35.5. The summed E-state index contributed by atoms with van der Waals surface area (Å²) in [5.74, 6) is 3.53. The van der Waals surface area contributed by atoms with Crippen LogP contribution in [0.2, 0.25) is 5.02 Å². The molecular weight excluding hydrogens is 368 g/mol. The maximum Gasteiger partial charge on any atom is 0.225 e. The number of hydrogen-bond acceptors (Lipinski definition) is 6. The van der Waals surface area contributed by atoms with Crippen molar-refractivity contribution in [2.45, 2.75) is 38.2 Å². The fourth-order valence-corrected chi connectivity index (χ4v) is 5.26. The summed E-state index contributed by atoms with van der Waals surface area (Å²) in [5.41, 5.74) is 0. The summed E-state index contributed by atoms with van der Waals surface area (Å²) in [7, 11) is 0. The molecule has 1 aromatic heterocycles. The van der Waals surface area contributed by atoms with Gasteiger partial charge < -0.3 is 9.64 Å². The molecule has 0 aromatic carbocycles. The molecule has 0 bridgehead atoms. The van der Waals surface area contributed by atoms with Gasteiger partial charge in [-0.2, -0.15) is 0 Å². The lowest BCUT2D eigenvalue weighted by molar-refractivity contribution is 0.0586. The minimum Gasteiger partial charge on any atom is -0.377 e. The Morgan fingerprint density at radius 3 is 2.65 bits per heavy atom. The first-order valence-corrected chi connectivity index (χ1v) is 11.4. The summed E-state index contributed by atoms with van der Waals surface area (Å²) in [6.45, 7) is 5.36. The molecule has 0 amide bonds. The van der Waals surface area contributed by atoms with Gasteiger partial charge in [-0.25, -0.2) is 14.3 Å². The van der Waals surface area contributed by atoms with E-state index in [1.807, 2.05) is 11.9 Å². The van der Waals surface area contributed by atoms with E-state index in [2.05, 4.69) is 25.4 Å². The quantitative estimate of drug-likeness (QED) is 0.654. The van der Waals surface area contributed by atoms with Gasteiger partial charge in [0.15, 0.2) is 0 Å². The first kappa shape index (κ1) is 18.8. The predicted octanol–water partition coefficient (Wildman–Crippen LogP) is 3.74. The zero-order valence-corrected chi connectivity index (χ0v) is 17.1. The molecule has 2 aliphatic heterocycles. The first-order chi connectivity index (χ1) is 12.7. The van der Waals surface area contributed by atoms with Crippen LogP contribution in [0.25, 0.3) is 0 Å². The fourth-order valence-electron chi connectivity index (χ4n) is 4.56. The van der Waals surface area contributed by atoms with Gasteiger partial charge in [-0.3, -0.25) is 0 Å². The van der Waals surface area contributed by atoms with Gasteiger partial charge in [0.05, 0.1) is 23.5 Å². The zero-order chi connectivity index (χ0) is 17.9. The summed E-state index contributed by atoms with van der Waals surface area (Å²) in [6, 6.07) is 0. The summed E-state index contributed by atoms with van der Waals surface area (Å²) in [6.07, 6.45) is 12.4. The Morgan fingerprint density at radius 2 is 1.96 bits per heavy atom. The van der Waals surface area contributed by atoms with Crippen LogP contribution >= 0.6 is 23.5 Å². The molecule has 0 radical (unpaired) electrons. The van der Waals surface area contributed by atoms with Gasteiger partial charge in [0, 0.05) is 32.8 Å². The maximum atomic E-state index is 6.12. The van der Waals surface area contributed by atoms with E-state index < -0.39 is 0 Å².